The predicted molar refractivity (Wildman–Crippen MR) is 106 cm³/mol. The van der Waals surface area contributed by atoms with Crippen LogP contribution in [0, 0.1) is 5.92 Å². The Hall–Kier alpha value is -1.40. The number of nitrogens with zero attached hydrogens (tertiary/aromatic N) is 2. The molecule has 1 spiro atoms. The number of amides is 2. The van der Waals surface area contributed by atoms with Crippen LogP contribution in [0.5, 0.6) is 0 Å². The average molecular weight is 391 g/mol. The molecule has 5 nitrogen and oxygen atoms in total. The van der Waals surface area contributed by atoms with Gasteiger partial charge in [0.1, 0.15) is 0 Å². The molecule has 4 rings (SSSR count). The van der Waals surface area contributed by atoms with Crippen molar-refractivity contribution in [3.8, 4) is 0 Å². The monoisotopic (exact) mass is 390 g/mol. The van der Waals surface area contributed by atoms with Crippen molar-refractivity contribution in [3.63, 3.8) is 0 Å². The maximum Gasteiger partial charge on any atom is 0.227 e. The van der Waals surface area contributed by atoms with E-state index in [0.29, 0.717) is 25.4 Å². The van der Waals surface area contributed by atoms with Crippen LogP contribution in [0.4, 0.5) is 0 Å². The Morgan fingerprint density at radius 3 is 2.48 bits per heavy atom. The van der Waals surface area contributed by atoms with Crippen LogP contribution in [0.3, 0.4) is 0 Å². The van der Waals surface area contributed by atoms with Crippen molar-refractivity contribution in [2.75, 3.05) is 32.8 Å². The molecule has 0 aliphatic carbocycles. The quantitative estimate of drug-likeness (QED) is 0.797. The van der Waals surface area contributed by atoms with Gasteiger partial charge in [-0.1, -0.05) is 6.07 Å². The van der Waals surface area contributed by atoms with Gasteiger partial charge in [-0.2, -0.15) is 0 Å². The first-order chi connectivity index (χ1) is 13.2. The average Bonchev–Trinajstić information content (AvgIpc) is 3.22. The highest BCUT2D eigenvalue weighted by molar-refractivity contribution is 7.10. The van der Waals surface area contributed by atoms with Crippen LogP contribution < -0.4 is 0 Å². The lowest BCUT2D eigenvalue weighted by molar-refractivity contribution is -0.149. The lowest BCUT2D eigenvalue weighted by Gasteiger charge is -2.45. The third-order valence-corrected chi connectivity index (χ3v) is 7.40. The Labute approximate surface area is 165 Å². The minimum Gasteiger partial charge on any atom is -0.375 e. The van der Waals surface area contributed by atoms with Crippen molar-refractivity contribution in [1.82, 2.24) is 9.80 Å². The molecule has 1 aromatic heterocycles. The number of piperidine rings is 2. The third kappa shape index (κ3) is 4.37. The smallest absolute Gasteiger partial charge is 0.227 e. The molecule has 0 saturated carbocycles. The highest BCUT2D eigenvalue weighted by Crippen LogP contribution is 2.35. The second-order valence-corrected chi connectivity index (χ2v) is 9.26. The van der Waals surface area contributed by atoms with Crippen LogP contribution >= 0.6 is 11.3 Å². The predicted octanol–water partition coefficient (Wildman–Crippen LogP) is 3.09. The normalized spacial score (nSPS) is 23.6. The Kier molecular flexibility index (Phi) is 5.83. The molecule has 3 aliphatic rings. The van der Waals surface area contributed by atoms with Crippen LogP contribution in [0.15, 0.2) is 17.5 Å². The van der Waals surface area contributed by atoms with E-state index in [9.17, 15) is 9.59 Å². The molecule has 3 saturated heterocycles. The zero-order chi connectivity index (χ0) is 18.7. The van der Waals surface area contributed by atoms with E-state index in [-0.39, 0.29) is 17.4 Å². The molecule has 0 unspecified atom stereocenters. The topological polar surface area (TPSA) is 49.9 Å². The van der Waals surface area contributed by atoms with Crippen LogP contribution in [0.2, 0.25) is 0 Å². The minimum atomic E-state index is 0.0482. The highest BCUT2D eigenvalue weighted by atomic mass is 32.1. The molecular weight excluding hydrogens is 360 g/mol. The zero-order valence-corrected chi connectivity index (χ0v) is 16.8. The molecule has 1 aromatic rings. The van der Waals surface area contributed by atoms with Gasteiger partial charge < -0.3 is 14.5 Å². The summed E-state index contributed by atoms with van der Waals surface area (Å²) in [7, 11) is 0. The number of rotatable bonds is 3. The lowest BCUT2D eigenvalue weighted by Crippen LogP contribution is -2.52. The summed E-state index contributed by atoms with van der Waals surface area (Å²) in [4.78, 5) is 30.5. The molecule has 0 N–H and O–H groups in total. The van der Waals surface area contributed by atoms with Crippen LogP contribution in [-0.2, 0) is 20.7 Å². The Bertz CT molecular complexity index is 636. The number of hydrogen-bond acceptors (Lipinski definition) is 4. The van der Waals surface area contributed by atoms with E-state index in [4.69, 9.17) is 4.74 Å². The zero-order valence-electron chi connectivity index (χ0n) is 16.0. The SMILES string of the molecule is O=C(Cc1cccs1)N1CCC(C(=O)N2CCC3(CCCCO3)CC2)CC1. The summed E-state index contributed by atoms with van der Waals surface area (Å²) in [6.45, 7) is 3.96. The first-order valence-electron chi connectivity index (χ1n) is 10.4. The lowest BCUT2D eigenvalue weighted by atomic mass is 9.84. The fourth-order valence-electron chi connectivity index (χ4n) is 4.75. The van der Waals surface area contributed by atoms with Crippen molar-refractivity contribution in [2.45, 2.75) is 57.0 Å². The van der Waals surface area contributed by atoms with E-state index in [1.165, 1.54) is 12.8 Å². The fourth-order valence-corrected chi connectivity index (χ4v) is 5.44. The largest absolute Gasteiger partial charge is 0.375 e. The number of thiophene rings is 1. The van der Waals surface area contributed by atoms with Gasteiger partial charge >= 0.3 is 0 Å². The second kappa shape index (κ2) is 8.31. The Morgan fingerprint density at radius 2 is 1.85 bits per heavy atom. The molecule has 0 radical (unpaired) electrons. The molecule has 0 aromatic carbocycles. The third-order valence-electron chi connectivity index (χ3n) is 6.52. The van der Waals surface area contributed by atoms with E-state index >= 15 is 0 Å². The van der Waals surface area contributed by atoms with Gasteiger partial charge in [-0.3, -0.25) is 9.59 Å². The summed E-state index contributed by atoms with van der Waals surface area (Å²) in [6.07, 6.45) is 7.64. The molecule has 4 heterocycles. The van der Waals surface area contributed by atoms with E-state index in [1.54, 1.807) is 11.3 Å². The first kappa shape index (κ1) is 18.9. The molecule has 3 fully saturated rings. The maximum atomic E-state index is 12.9. The Morgan fingerprint density at radius 1 is 1.07 bits per heavy atom. The molecule has 6 heteroatoms. The maximum absolute atomic E-state index is 12.9. The van der Waals surface area contributed by atoms with Crippen molar-refractivity contribution < 1.29 is 14.3 Å². The van der Waals surface area contributed by atoms with Crippen molar-refractivity contribution >= 4 is 23.2 Å². The summed E-state index contributed by atoms with van der Waals surface area (Å²) in [5.74, 6) is 0.570. The Balaban J connectivity index is 1.23. The van der Waals surface area contributed by atoms with Crippen molar-refractivity contribution in [2.24, 2.45) is 5.92 Å². The van der Waals surface area contributed by atoms with Gasteiger partial charge in [0.05, 0.1) is 12.0 Å². The summed E-state index contributed by atoms with van der Waals surface area (Å²) >= 11 is 1.63. The number of likely N-dealkylation sites (tertiary alicyclic amines) is 2. The van der Waals surface area contributed by atoms with E-state index < -0.39 is 0 Å². The number of carbonyl (C=O) groups is 2. The standard InChI is InChI=1S/C21H30N2O3S/c24-19(16-18-4-3-15-27-18)22-10-5-17(6-11-22)20(25)23-12-8-21(9-13-23)7-1-2-14-26-21/h3-4,15,17H,1-2,5-14,16H2. The molecule has 27 heavy (non-hydrogen) atoms. The van der Waals surface area contributed by atoms with E-state index in [0.717, 1.165) is 56.7 Å². The van der Waals surface area contributed by atoms with Crippen molar-refractivity contribution in [3.05, 3.63) is 22.4 Å². The molecule has 0 bridgehead atoms. The van der Waals surface area contributed by atoms with Gasteiger partial charge in [0, 0.05) is 43.6 Å². The van der Waals surface area contributed by atoms with Gasteiger partial charge in [0.2, 0.25) is 11.8 Å². The highest BCUT2D eigenvalue weighted by Gasteiger charge is 2.39. The van der Waals surface area contributed by atoms with Crippen LogP contribution in [0.25, 0.3) is 0 Å². The molecule has 2 amide bonds. The molecule has 3 aliphatic heterocycles. The van der Waals surface area contributed by atoms with E-state index in [1.807, 2.05) is 22.4 Å². The van der Waals surface area contributed by atoms with Gasteiger partial charge in [-0.15, -0.1) is 11.3 Å². The van der Waals surface area contributed by atoms with Gasteiger partial charge in [-0.05, 0) is 56.4 Å². The summed E-state index contributed by atoms with van der Waals surface area (Å²) in [5.41, 5.74) is 0.0482. The van der Waals surface area contributed by atoms with Crippen molar-refractivity contribution in [1.29, 1.82) is 0 Å². The van der Waals surface area contributed by atoms with Crippen LogP contribution in [-0.4, -0.2) is 60.0 Å². The van der Waals surface area contributed by atoms with Crippen LogP contribution in [0.1, 0.15) is 49.8 Å². The number of ether oxygens (including phenoxy) is 1. The van der Waals surface area contributed by atoms with Gasteiger partial charge in [-0.25, -0.2) is 0 Å². The summed E-state index contributed by atoms with van der Waals surface area (Å²) in [5, 5.41) is 2.01. The van der Waals surface area contributed by atoms with Gasteiger partial charge in [0.15, 0.2) is 0 Å². The molecular formula is C21H30N2O3S. The van der Waals surface area contributed by atoms with Gasteiger partial charge in [0.25, 0.3) is 0 Å². The minimum absolute atomic E-state index is 0.0482. The number of carbonyl (C=O) groups excluding carboxylic acids is 2. The summed E-state index contributed by atoms with van der Waals surface area (Å²) < 4.78 is 6.08. The van der Waals surface area contributed by atoms with E-state index in [2.05, 4.69) is 4.90 Å². The fraction of sp³-hybridized carbons (Fsp3) is 0.714. The number of hydrogen-bond donors (Lipinski definition) is 0. The molecule has 148 valence electrons. The summed E-state index contributed by atoms with van der Waals surface area (Å²) in [6, 6.07) is 4.00. The second-order valence-electron chi connectivity index (χ2n) is 8.23. The first-order valence-corrected chi connectivity index (χ1v) is 11.3. The molecule has 0 atom stereocenters.